The summed E-state index contributed by atoms with van der Waals surface area (Å²) in [6.45, 7) is 1.95. The first-order valence-corrected chi connectivity index (χ1v) is 3.80. The van der Waals surface area contributed by atoms with Crippen LogP contribution in [0.5, 0.6) is 0 Å². The van der Waals surface area contributed by atoms with Crippen LogP contribution in [0.2, 0.25) is 0 Å². The molecule has 0 aliphatic heterocycles. The SMILES string of the molecule is CNc1ccnn2cc(C)nc12. The van der Waals surface area contributed by atoms with Crippen LogP contribution in [0.25, 0.3) is 5.65 Å². The van der Waals surface area contributed by atoms with Gasteiger partial charge in [-0.3, -0.25) is 0 Å². The van der Waals surface area contributed by atoms with E-state index in [1.807, 2.05) is 26.2 Å². The summed E-state index contributed by atoms with van der Waals surface area (Å²) < 4.78 is 1.77. The van der Waals surface area contributed by atoms with Gasteiger partial charge < -0.3 is 5.32 Å². The number of aryl methyl sites for hydroxylation is 1. The monoisotopic (exact) mass is 162 g/mol. The van der Waals surface area contributed by atoms with Crippen molar-refractivity contribution < 1.29 is 0 Å². The Morgan fingerprint density at radius 2 is 2.33 bits per heavy atom. The molecule has 2 aromatic heterocycles. The van der Waals surface area contributed by atoms with Gasteiger partial charge in [0.15, 0.2) is 5.65 Å². The van der Waals surface area contributed by atoms with Gasteiger partial charge in [0.25, 0.3) is 0 Å². The minimum Gasteiger partial charge on any atom is -0.385 e. The lowest BCUT2D eigenvalue weighted by atomic mass is 10.4. The molecule has 4 heteroatoms. The van der Waals surface area contributed by atoms with Crippen molar-refractivity contribution in [2.24, 2.45) is 0 Å². The number of nitrogens with one attached hydrogen (secondary N) is 1. The fourth-order valence-electron chi connectivity index (χ4n) is 1.21. The van der Waals surface area contributed by atoms with E-state index in [4.69, 9.17) is 0 Å². The number of hydrogen-bond acceptors (Lipinski definition) is 3. The number of fused-ring (bicyclic) bond motifs is 1. The lowest BCUT2D eigenvalue weighted by Gasteiger charge is -1.99. The Labute approximate surface area is 70.2 Å². The second-order valence-corrected chi connectivity index (χ2v) is 2.65. The average molecular weight is 162 g/mol. The zero-order chi connectivity index (χ0) is 8.55. The van der Waals surface area contributed by atoms with Gasteiger partial charge in [0, 0.05) is 7.05 Å². The van der Waals surface area contributed by atoms with Crippen molar-refractivity contribution >= 4 is 11.3 Å². The van der Waals surface area contributed by atoms with Crippen LogP contribution < -0.4 is 5.32 Å². The summed E-state index contributed by atoms with van der Waals surface area (Å²) in [5, 5.41) is 7.18. The average Bonchev–Trinajstić information content (AvgIpc) is 2.44. The van der Waals surface area contributed by atoms with Crippen molar-refractivity contribution in [1.82, 2.24) is 14.6 Å². The molecule has 0 spiro atoms. The van der Waals surface area contributed by atoms with Crippen molar-refractivity contribution in [3.05, 3.63) is 24.2 Å². The summed E-state index contributed by atoms with van der Waals surface area (Å²) in [6, 6.07) is 1.90. The molecule has 0 amide bonds. The van der Waals surface area contributed by atoms with Crippen LogP contribution in [0.15, 0.2) is 18.5 Å². The molecule has 0 fully saturated rings. The zero-order valence-corrected chi connectivity index (χ0v) is 7.07. The Hall–Kier alpha value is -1.58. The minimum atomic E-state index is 0.873. The summed E-state index contributed by atoms with van der Waals surface area (Å²) in [4.78, 5) is 4.32. The maximum atomic E-state index is 4.32. The smallest absolute Gasteiger partial charge is 0.177 e. The van der Waals surface area contributed by atoms with E-state index in [2.05, 4.69) is 15.4 Å². The standard InChI is InChI=1S/C8H10N4/c1-6-5-12-8(11-6)7(9-2)3-4-10-12/h3-5,9H,1-2H3. The molecule has 4 nitrogen and oxygen atoms in total. The van der Waals surface area contributed by atoms with Crippen molar-refractivity contribution in [2.45, 2.75) is 6.92 Å². The molecule has 0 atom stereocenters. The van der Waals surface area contributed by atoms with Crippen molar-refractivity contribution in [3.8, 4) is 0 Å². The van der Waals surface area contributed by atoms with Crippen molar-refractivity contribution in [1.29, 1.82) is 0 Å². The highest BCUT2D eigenvalue weighted by atomic mass is 15.2. The third-order valence-corrected chi connectivity index (χ3v) is 1.75. The number of hydrogen-bond donors (Lipinski definition) is 1. The molecule has 1 N–H and O–H groups in total. The van der Waals surface area contributed by atoms with Crippen LogP contribution in [0.3, 0.4) is 0 Å². The molecule has 2 rings (SSSR count). The molecule has 0 saturated carbocycles. The fourth-order valence-corrected chi connectivity index (χ4v) is 1.21. The molecule has 62 valence electrons. The lowest BCUT2D eigenvalue weighted by Crippen LogP contribution is -1.95. The van der Waals surface area contributed by atoms with Gasteiger partial charge in [-0.05, 0) is 13.0 Å². The number of imidazole rings is 1. The molecule has 0 aliphatic rings. The highest BCUT2D eigenvalue weighted by Gasteiger charge is 2.01. The van der Waals surface area contributed by atoms with Crippen LogP contribution in [0.4, 0.5) is 5.69 Å². The third-order valence-electron chi connectivity index (χ3n) is 1.75. The summed E-state index contributed by atoms with van der Waals surface area (Å²) in [6.07, 6.45) is 3.65. The number of aromatic nitrogens is 3. The van der Waals surface area contributed by atoms with Gasteiger partial charge in [-0.1, -0.05) is 0 Å². The second kappa shape index (κ2) is 2.48. The van der Waals surface area contributed by atoms with Gasteiger partial charge in [0.1, 0.15) is 0 Å². The number of nitrogens with zero attached hydrogens (tertiary/aromatic N) is 3. The largest absolute Gasteiger partial charge is 0.385 e. The molecular weight excluding hydrogens is 152 g/mol. The van der Waals surface area contributed by atoms with Gasteiger partial charge in [-0.15, -0.1) is 0 Å². The van der Waals surface area contributed by atoms with Crippen LogP contribution in [0.1, 0.15) is 5.69 Å². The molecule has 0 unspecified atom stereocenters. The Balaban J connectivity index is 2.78. The zero-order valence-electron chi connectivity index (χ0n) is 7.07. The number of rotatable bonds is 1. The third kappa shape index (κ3) is 0.922. The minimum absolute atomic E-state index is 0.873. The van der Waals surface area contributed by atoms with Crippen LogP contribution in [0, 0.1) is 6.92 Å². The molecule has 0 saturated heterocycles. The first kappa shape index (κ1) is 7.09. The van der Waals surface area contributed by atoms with Crippen LogP contribution >= 0.6 is 0 Å². The maximum Gasteiger partial charge on any atom is 0.177 e. The summed E-state index contributed by atoms with van der Waals surface area (Å²) in [7, 11) is 1.87. The van der Waals surface area contributed by atoms with E-state index >= 15 is 0 Å². The van der Waals surface area contributed by atoms with Gasteiger partial charge in [-0.2, -0.15) is 5.10 Å². The second-order valence-electron chi connectivity index (χ2n) is 2.65. The Kier molecular flexibility index (Phi) is 1.46. The first-order valence-electron chi connectivity index (χ1n) is 3.80. The van der Waals surface area contributed by atoms with Gasteiger partial charge >= 0.3 is 0 Å². The van der Waals surface area contributed by atoms with E-state index in [0.29, 0.717) is 0 Å². The molecule has 2 aromatic rings. The molecule has 0 radical (unpaired) electrons. The van der Waals surface area contributed by atoms with E-state index in [1.54, 1.807) is 10.7 Å². The van der Waals surface area contributed by atoms with E-state index in [0.717, 1.165) is 17.0 Å². The van der Waals surface area contributed by atoms with Gasteiger partial charge in [0.05, 0.1) is 23.8 Å². The molecule has 12 heavy (non-hydrogen) atoms. The Morgan fingerprint density at radius 3 is 3.08 bits per heavy atom. The summed E-state index contributed by atoms with van der Waals surface area (Å²) in [5.74, 6) is 0. The first-order chi connectivity index (χ1) is 5.81. The summed E-state index contributed by atoms with van der Waals surface area (Å²) >= 11 is 0. The normalized spacial score (nSPS) is 10.5. The van der Waals surface area contributed by atoms with E-state index < -0.39 is 0 Å². The molecule has 2 heterocycles. The fraction of sp³-hybridized carbons (Fsp3) is 0.250. The lowest BCUT2D eigenvalue weighted by molar-refractivity contribution is 0.935. The quantitative estimate of drug-likeness (QED) is 0.682. The predicted molar refractivity (Wildman–Crippen MR) is 47.3 cm³/mol. The Morgan fingerprint density at radius 1 is 1.50 bits per heavy atom. The number of anilines is 1. The van der Waals surface area contributed by atoms with E-state index in [-0.39, 0.29) is 0 Å². The molecule has 0 bridgehead atoms. The maximum absolute atomic E-state index is 4.32. The van der Waals surface area contributed by atoms with E-state index in [1.165, 1.54) is 0 Å². The highest BCUT2D eigenvalue weighted by Crippen LogP contribution is 2.12. The molecule has 0 aliphatic carbocycles. The van der Waals surface area contributed by atoms with Crippen molar-refractivity contribution in [3.63, 3.8) is 0 Å². The highest BCUT2D eigenvalue weighted by molar-refractivity contribution is 5.66. The molecule has 0 aromatic carbocycles. The van der Waals surface area contributed by atoms with Crippen LogP contribution in [-0.2, 0) is 0 Å². The van der Waals surface area contributed by atoms with Gasteiger partial charge in [-0.25, -0.2) is 9.50 Å². The van der Waals surface area contributed by atoms with E-state index in [9.17, 15) is 0 Å². The summed E-state index contributed by atoms with van der Waals surface area (Å²) in [5.41, 5.74) is 2.85. The topological polar surface area (TPSA) is 42.2 Å². The van der Waals surface area contributed by atoms with Crippen LogP contribution in [-0.4, -0.2) is 21.6 Å². The van der Waals surface area contributed by atoms with Gasteiger partial charge in [0.2, 0.25) is 0 Å². The predicted octanol–water partition coefficient (Wildman–Crippen LogP) is 1.08. The molecular formula is C8H10N4. The van der Waals surface area contributed by atoms with Crippen molar-refractivity contribution in [2.75, 3.05) is 12.4 Å². The Bertz CT molecular complexity index is 404.